The zero-order valence-corrected chi connectivity index (χ0v) is 12.1. The molecule has 0 aliphatic heterocycles. The highest BCUT2D eigenvalue weighted by Crippen LogP contribution is 2.22. The zero-order valence-electron chi connectivity index (χ0n) is 12.1. The summed E-state index contributed by atoms with van der Waals surface area (Å²) in [5, 5.41) is 6.87. The second-order valence-electron chi connectivity index (χ2n) is 4.75. The van der Waals surface area contributed by atoms with E-state index in [1.54, 1.807) is 23.0 Å². The van der Waals surface area contributed by atoms with E-state index in [1.807, 2.05) is 55.6 Å². The van der Waals surface area contributed by atoms with Crippen LogP contribution in [0.5, 0.6) is 5.75 Å². The highest BCUT2D eigenvalue weighted by molar-refractivity contribution is 5.87. The number of hydrogen-bond donors (Lipinski definition) is 1. The lowest BCUT2D eigenvalue weighted by Gasteiger charge is -2.08. The van der Waals surface area contributed by atoms with Gasteiger partial charge >= 0.3 is 6.09 Å². The van der Waals surface area contributed by atoms with Crippen LogP contribution in [0.2, 0.25) is 0 Å². The molecule has 0 radical (unpaired) electrons. The van der Waals surface area contributed by atoms with E-state index in [1.165, 1.54) is 0 Å². The Morgan fingerprint density at radius 2 is 1.91 bits per heavy atom. The van der Waals surface area contributed by atoms with Crippen molar-refractivity contribution in [1.29, 1.82) is 0 Å². The number of carbonyl (C=O) groups is 1. The van der Waals surface area contributed by atoms with Gasteiger partial charge in [0.05, 0.1) is 5.69 Å². The number of benzene rings is 2. The van der Waals surface area contributed by atoms with Crippen LogP contribution in [0.4, 0.5) is 10.5 Å². The predicted molar refractivity (Wildman–Crippen MR) is 84.7 cm³/mol. The molecule has 1 heterocycles. The van der Waals surface area contributed by atoms with Gasteiger partial charge in [-0.05, 0) is 30.3 Å². The summed E-state index contributed by atoms with van der Waals surface area (Å²) in [4.78, 5) is 11.9. The SMILES string of the molecule is Cn1nccc1-c1cccc(NC(=O)Oc2ccccc2)c1. The Morgan fingerprint density at radius 1 is 1.09 bits per heavy atom. The molecule has 1 aromatic heterocycles. The van der Waals surface area contributed by atoms with Gasteiger partial charge in [-0.2, -0.15) is 5.10 Å². The molecule has 0 bridgehead atoms. The first-order valence-corrected chi connectivity index (χ1v) is 6.85. The van der Waals surface area contributed by atoms with Gasteiger partial charge in [-0.25, -0.2) is 4.79 Å². The second kappa shape index (κ2) is 6.13. The molecular weight excluding hydrogens is 278 g/mol. The van der Waals surface area contributed by atoms with Gasteiger partial charge in [0.1, 0.15) is 5.75 Å². The van der Waals surface area contributed by atoms with Crippen LogP contribution in [0.25, 0.3) is 11.3 Å². The van der Waals surface area contributed by atoms with Crippen LogP contribution in [-0.4, -0.2) is 15.9 Å². The van der Waals surface area contributed by atoms with Crippen molar-refractivity contribution in [2.75, 3.05) is 5.32 Å². The number of anilines is 1. The third-order valence-electron chi connectivity index (χ3n) is 3.18. The third kappa shape index (κ3) is 3.15. The van der Waals surface area contributed by atoms with E-state index < -0.39 is 6.09 Å². The molecule has 0 spiro atoms. The number of aromatic nitrogens is 2. The van der Waals surface area contributed by atoms with E-state index in [0.717, 1.165) is 11.3 Å². The highest BCUT2D eigenvalue weighted by atomic mass is 16.6. The summed E-state index contributed by atoms with van der Waals surface area (Å²) in [6.45, 7) is 0. The number of carbonyl (C=O) groups excluding carboxylic acids is 1. The predicted octanol–water partition coefficient (Wildman–Crippen LogP) is 3.70. The summed E-state index contributed by atoms with van der Waals surface area (Å²) in [6, 6.07) is 18.4. The number of rotatable bonds is 3. The minimum absolute atomic E-state index is 0.503. The standard InChI is InChI=1S/C17H15N3O2/c1-20-16(10-11-18-20)13-6-5-7-14(12-13)19-17(21)22-15-8-3-2-4-9-15/h2-12H,1H3,(H,19,21). The molecule has 5 nitrogen and oxygen atoms in total. The van der Waals surface area contributed by atoms with Gasteiger partial charge < -0.3 is 4.74 Å². The largest absolute Gasteiger partial charge is 0.417 e. The summed E-state index contributed by atoms with van der Waals surface area (Å²) in [7, 11) is 1.87. The Bertz CT molecular complexity index is 781. The van der Waals surface area contributed by atoms with E-state index in [4.69, 9.17) is 4.74 Å². The van der Waals surface area contributed by atoms with Gasteiger partial charge in [0.25, 0.3) is 0 Å². The molecule has 5 heteroatoms. The second-order valence-corrected chi connectivity index (χ2v) is 4.75. The summed E-state index contributed by atoms with van der Waals surface area (Å²) >= 11 is 0. The molecule has 0 saturated carbocycles. The number of aryl methyl sites for hydroxylation is 1. The molecule has 2 aromatic carbocycles. The number of nitrogens with zero attached hydrogens (tertiary/aromatic N) is 2. The fourth-order valence-corrected chi connectivity index (χ4v) is 2.15. The molecule has 3 rings (SSSR count). The zero-order chi connectivity index (χ0) is 15.4. The first-order valence-electron chi connectivity index (χ1n) is 6.85. The van der Waals surface area contributed by atoms with Gasteiger partial charge in [-0.15, -0.1) is 0 Å². The monoisotopic (exact) mass is 293 g/mol. The van der Waals surface area contributed by atoms with Crippen molar-refractivity contribution in [2.24, 2.45) is 7.05 Å². The quantitative estimate of drug-likeness (QED) is 0.801. The maximum atomic E-state index is 11.9. The lowest BCUT2D eigenvalue weighted by Crippen LogP contribution is -2.16. The van der Waals surface area contributed by atoms with E-state index >= 15 is 0 Å². The Labute approximate surface area is 128 Å². The number of hydrogen-bond acceptors (Lipinski definition) is 3. The molecular formula is C17H15N3O2. The average Bonchev–Trinajstić information content (AvgIpc) is 2.94. The molecule has 3 aromatic rings. The summed E-state index contributed by atoms with van der Waals surface area (Å²) in [5.41, 5.74) is 2.61. The molecule has 0 aliphatic carbocycles. The van der Waals surface area contributed by atoms with E-state index in [9.17, 15) is 4.79 Å². The minimum Gasteiger partial charge on any atom is -0.410 e. The van der Waals surface area contributed by atoms with Crippen molar-refractivity contribution in [1.82, 2.24) is 9.78 Å². The molecule has 1 N–H and O–H groups in total. The molecule has 1 amide bonds. The van der Waals surface area contributed by atoms with Crippen LogP contribution in [0.15, 0.2) is 66.9 Å². The van der Waals surface area contributed by atoms with Gasteiger partial charge in [0.15, 0.2) is 0 Å². The van der Waals surface area contributed by atoms with Crippen molar-refractivity contribution in [2.45, 2.75) is 0 Å². The van der Waals surface area contributed by atoms with Gasteiger partial charge in [-0.1, -0.05) is 30.3 Å². The van der Waals surface area contributed by atoms with Crippen LogP contribution in [0, 0.1) is 0 Å². The van der Waals surface area contributed by atoms with E-state index in [2.05, 4.69) is 10.4 Å². The van der Waals surface area contributed by atoms with Crippen molar-refractivity contribution in [3.8, 4) is 17.0 Å². The van der Waals surface area contributed by atoms with Gasteiger partial charge in [-0.3, -0.25) is 10.00 Å². The normalized spacial score (nSPS) is 10.2. The first kappa shape index (κ1) is 13.9. The molecule has 22 heavy (non-hydrogen) atoms. The number of para-hydroxylation sites is 1. The average molecular weight is 293 g/mol. The maximum absolute atomic E-state index is 11.9. The molecule has 0 aliphatic rings. The first-order chi connectivity index (χ1) is 10.7. The highest BCUT2D eigenvalue weighted by Gasteiger charge is 2.07. The summed E-state index contributed by atoms with van der Waals surface area (Å²) in [6.07, 6.45) is 1.22. The van der Waals surface area contributed by atoms with Crippen LogP contribution in [0.3, 0.4) is 0 Å². The van der Waals surface area contributed by atoms with Crippen LogP contribution in [-0.2, 0) is 7.05 Å². The minimum atomic E-state index is -0.520. The Kier molecular flexibility index (Phi) is 3.87. The summed E-state index contributed by atoms with van der Waals surface area (Å²) in [5.74, 6) is 0.503. The van der Waals surface area contributed by atoms with Crippen molar-refractivity contribution >= 4 is 11.8 Å². The van der Waals surface area contributed by atoms with Crippen molar-refractivity contribution < 1.29 is 9.53 Å². The Hall–Kier alpha value is -3.08. The fraction of sp³-hybridized carbons (Fsp3) is 0.0588. The summed E-state index contributed by atoms with van der Waals surface area (Å²) < 4.78 is 6.98. The van der Waals surface area contributed by atoms with E-state index in [0.29, 0.717) is 11.4 Å². The number of amides is 1. The van der Waals surface area contributed by atoms with Crippen molar-refractivity contribution in [3.05, 3.63) is 66.9 Å². The fourth-order valence-electron chi connectivity index (χ4n) is 2.15. The maximum Gasteiger partial charge on any atom is 0.417 e. The molecule has 0 atom stereocenters. The third-order valence-corrected chi connectivity index (χ3v) is 3.18. The lowest BCUT2D eigenvalue weighted by atomic mass is 10.1. The topological polar surface area (TPSA) is 56.2 Å². The molecule has 0 saturated heterocycles. The van der Waals surface area contributed by atoms with Crippen LogP contribution >= 0.6 is 0 Å². The smallest absolute Gasteiger partial charge is 0.410 e. The van der Waals surface area contributed by atoms with Crippen LogP contribution in [0.1, 0.15) is 0 Å². The van der Waals surface area contributed by atoms with E-state index in [-0.39, 0.29) is 0 Å². The molecule has 0 fully saturated rings. The van der Waals surface area contributed by atoms with Gasteiger partial charge in [0, 0.05) is 24.5 Å². The van der Waals surface area contributed by atoms with Gasteiger partial charge in [0.2, 0.25) is 0 Å². The van der Waals surface area contributed by atoms with Crippen LogP contribution < -0.4 is 10.1 Å². The number of ether oxygens (including phenoxy) is 1. The lowest BCUT2D eigenvalue weighted by molar-refractivity contribution is 0.215. The van der Waals surface area contributed by atoms with Crippen molar-refractivity contribution in [3.63, 3.8) is 0 Å². The Morgan fingerprint density at radius 3 is 2.64 bits per heavy atom. The molecule has 0 unspecified atom stereocenters. The Balaban J connectivity index is 1.73. The molecule has 110 valence electrons. The number of nitrogens with one attached hydrogen (secondary N) is 1.